The molecule has 21 heavy (non-hydrogen) atoms. The molecule has 0 fully saturated rings. The molecule has 1 aromatic carbocycles. The highest BCUT2D eigenvalue weighted by Crippen LogP contribution is 2.17. The van der Waals surface area contributed by atoms with Gasteiger partial charge in [0.2, 0.25) is 10.0 Å². The first kappa shape index (κ1) is 17.9. The van der Waals surface area contributed by atoms with Gasteiger partial charge < -0.3 is 5.11 Å². The number of aryl methyl sites for hydroxylation is 1. The molecule has 0 bridgehead atoms. The Morgan fingerprint density at radius 2 is 2.10 bits per heavy atom. The molecule has 7 heteroatoms. The lowest BCUT2D eigenvalue weighted by atomic mass is 10.1. The molecule has 0 saturated carbocycles. The Kier molecular flexibility index (Phi) is 6.55. The Morgan fingerprint density at radius 1 is 1.43 bits per heavy atom. The third-order valence-electron chi connectivity index (χ3n) is 2.57. The number of rotatable bonds is 5. The Bertz CT molecular complexity index is 687. The van der Waals surface area contributed by atoms with E-state index in [1.54, 1.807) is 19.1 Å². The van der Waals surface area contributed by atoms with Gasteiger partial charge in [0.15, 0.2) is 0 Å². The van der Waals surface area contributed by atoms with Crippen LogP contribution in [0.5, 0.6) is 0 Å². The van der Waals surface area contributed by atoms with Gasteiger partial charge in [-0.25, -0.2) is 13.1 Å². The van der Waals surface area contributed by atoms with Crippen molar-refractivity contribution in [3.05, 3.63) is 29.3 Å². The van der Waals surface area contributed by atoms with E-state index in [2.05, 4.69) is 16.6 Å². The van der Waals surface area contributed by atoms with Gasteiger partial charge in [-0.05, 0) is 31.5 Å². The van der Waals surface area contributed by atoms with Gasteiger partial charge in [-0.15, -0.1) is 0 Å². The quantitative estimate of drug-likeness (QED) is 0.765. The molecule has 0 saturated heterocycles. The second kappa shape index (κ2) is 7.71. The van der Waals surface area contributed by atoms with Crippen LogP contribution >= 0.6 is 0 Å². The van der Waals surface area contributed by atoms with Gasteiger partial charge in [-0.3, -0.25) is 4.21 Å². The van der Waals surface area contributed by atoms with Crippen molar-refractivity contribution < 1.29 is 17.7 Å². The van der Waals surface area contributed by atoms with Gasteiger partial charge in [-0.2, -0.15) is 0 Å². The topological polar surface area (TPSA) is 83.5 Å². The molecule has 1 aromatic rings. The predicted molar refractivity (Wildman–Crippen MR) is 83.9 cm³/mol. The smallest absolute Gasteiger partial charge is 0.242 e. The summed E-state index contributed by atoms with van der Waals surface area (Å²) in [4.78, 5) is 0.0581. The van der Waals surface area contributed by atoms with E-state index in [0.717, 1.165) is 5.56 Å². The largest absolute Gasteiger partial charge is 0.384 e. The van der Waals surface area contributed by atoms with E-state index in [1.807, 2.05) is 6.92 Å². The van der Waals surface area contributed by atoms with Crippen molar-refractivity contribution in [2.24, 2.45) is 0 Å². The number of benzene rings is 1. The lowest BCUT2D eigenvalue weighted by molar-refractivity contribution is 0.350. The third kappa shape index (κ3) is 5.59. The molecule has 2 atom stereocenters. The minimum atomic E-state index is -3.75. The summed E-state index contributed by atoms with van der Waals surface area (Å²) in [6.45, 7) is 3.15. The molecular weight excluding hydrogens is 310 g/mol. The molecule has 1 rings (SSSR count). The molecule has 2 unspecified atom stereocenters. The highest BCUT2D eigenvalue weighted by Gasteiger charge is 2.20. The van der Waals surface area contributed by atoms with Crippen LogP contribution in [0.1, 0.15) is 18.1 Å². The van der Waals surface area contributed by atoms with Crippen LogP contribution in [-0.4, -0.2) is 42.4 Å². The summed E-state index contributed by atoms with van der Waals surface area (Å²) in [5, 5.41) is 8.76. The van der Waals surface area contributed by atoms with Crippen LogP contribution in [0, 0.1) is 18.8 Å². The van der Waals surface area contributed by atoms with Gasteiger partial charge >= 0.3 is 0 Å². The van der Waals surface area contributed by atoms with Crippen LogP contribution in [0.2, 0.25) is 0 Å². The monoisotopic (exact) mass is 329 g/mol. The summed E-state index contributed by atoms with van der Waals surface area (Å²) in [5.41, 5.74) is 1.21. The second-order valence-electron chi connectivity index (χ2n) is 4.72. The fourth-order valence-corrected chi connectivity index (χ4v) is 4.10. The molecule has 0 aromatic heterocycles. The molecular formula is C14H19NO4S2. The Morgan fingerprint density at radius 3 is 2.67 bits per heavy atom. The molecule has 0 aliphatic heterocycles. The first-order valence-corrected chi connectivity index (χ1v) is 9.50. The van der Waals surface area contributed by atoms with Crippen LogP contribution in [0.25, 0.3) is 0 Å². The SMILES string of the molecule is Cc1ccc(S(=O)(=O)NC(C)CS(C)=O)c(C#CCO)c1. The standard InChI is InChI=1S/C14H19NO4S2/c1-11-6-7-14(13(9-11)5-4-8-16)21(18,19)15-12(2)10-20(3)17/h6-7,9,12,15-16H,8,10H2,1-3H3. The molecule has 0 aliphatic carbocycles. The maximum atomic E-state index is 12.4. The van der Waals surface area contributed by atoms with Crippen molar-refractivity contribution in [1.82, 2.24) is 4.72 Å². The van der Waals surface area contributed by atoms with Gasteiger partial charge in [0.25, 0.3) is 0 Å². The fourth-order valence-electron chi connectivity index (χ4n) is 1.83. The summed E-state index contributed by atoms with van der Waals surface area (Å²) in [6, 6.07) is 4.37. The molecule has 116 valence electrons. The van der Waals surface area contributed by atoms with Gasteiger partial charge in [0.05, 0.1) is 4.90 Å². The molecule has 2 N–H and O–H groups in total. The number of sulfonamides is 1. The van der Waals surface area contributed by atoms with E-state index in [1.165, 1.54) is 12.3 Å². The first-order chi connectivity index (χ1) is 9.76. The zero-order valence-corrected chi connectivity index (χ0v) is 13.8. The maximum Gasteiger partial charge on any atom is 0.242 e. The average molecular weight is 329 g/mol. The van der Waals surface area contributed by atoms with Crippen molar-refractivity contribution in [3.8, 4) is 11.8 Å². The van der Waals surface area contributed by atoms with Crippen LogP contribution in [-0.2, 0) is 20.8 Å². The molecule has 0 amide bonds. The van der Waals surface area contributed by atoms with Crippen molar-refractivity contribution >= 4 is 20.8 Å². The maximum absolute atomic E-state index is 12.4. The van der Waals surface area contributed by atoms with Crippen molar-refractivity contribution in [1.29, 1.82) is 0 Å². The summed E-state index contributed by atoms with van der Waals surface area (Å²) in [6.07, 6.45) is 1.52. The van der Waals surface area contributed by atoms with Crippen LogP contribution < -0.4 is 4.72 Å². The van der Waals surface area contributed by atoms with Gasteiger partial charge in [-0.1, -0.05) is 17.9 Å². The summed E-state index contributed by atoms with van der Waals surface area (Å²) in [5.74, 6) is 5.34. The minimum Gasteiger partial charge on any atom is -0.384 e. The Balaban J connectivity index is 3.16. The van der Waals surface area contributed by atoms with Crippen LogP contribution in [0.3, 0.4) is 0 Å². The molecule has 0 spiro atoms. The summed E-state index contributed by atoms with van der Waals surface area (Å²) < 4.78 is 38.4. The molecule has 0 radical (unpaired) electrons. The van der Waals surface area contributed by atoms with Crippen LogP contribution in [0.4, 0.5) is 0 Å². The van der Waals surface area contributed by atoms with E-state index >= 15 is 0 Å². The van der Waals surface area contributed by atoms with Gasteiger partial charge in [0, 0.05) is 34.4 Å². The summed E-state index contributed by atoms with van der Waals surface area (Å²) >= 11 is 0. The van der Waals surface area contributed by atoms with Crippen LogP contribution in [0.15, 0.2) is 23.1 Å². The summed E-state index contributed by atoms with van der Waals surface area (Å²) in [7, 11) is -4.84. The minimum absolute atomic E-state index is 0.0581. The average Bonchev–Trinajstić information content (AvgIpc) is 2.34. The highest BCUT2D eigenvalue weighted by molar-refractivity contribution is 7.89. The van der Waals surface area contributed by atoms with E-state index in [-0.39, 0.29) is 17.3 Å². The molecule has 5 nitrogen and oxygen atoms in total. The number of hydrogen-bond donors (Lipinski definition) is 2. The van der Waals surface area contributed by atoms with E-state index in [9.17, 15) is 12.6 Å². The second-order valence-corrected chi connectivity index (χ2v) is 7.88. The number of hydrogen-bond acceptors (Lipinski definition) is 4. The van der Waals surface area contributed by atoms with E-state index < -0.39 is 26.9 Å². The molecule has 0 heterocycles. The zero-order chi connectivity index (χ0) is 16.0. The molecule has 0 aliphatic rings. The Labute approximate surface area is 128 Å². The number of aliphatic hydroxyl groups excluding tert-OH is 1. The fraction of sp³-hybridized carbons (Fsp3) is 0.429. The highest BCUT2D eigenvalue weighted by atomic mass is 32.2. The van der Waals surface area contributed by atoms with E-state index in [4.69, 9.17) is 5.11 Å². The lowest BCUT2D eigenvalue weighted by Crippen LogP contribution is -2.36. The Hall–Kier alpha value is -1.20. The van der Waals surface area contributed by atoms with Crippen molar-refractivity contribution in [2.75, 3.05) is 18.6 Å². The zero-order valence-electron chi connectivity index (χ0n) is 12.2. The van der Waals surface area contributed by atoms with Gasteiger partial charge in [0.1, 0.15) is 6.61 Å². The van der Waals surface area contributed by atoms with E-state index in [0.29, 0.717) is 5.56 Å². The number of nitrogens with one attached hydrogen (secondary N) is 1. The van der Waals surface area contributed by atoms with Crippen molar-refractivity contribution in [3.63, 3.8) is 0 Å². The van der Waals surface area contributed by atoms with Crippen molar-refractivity contribution in [2.45, 2.75) is 24.8 Å². The first-order valence-electron chi connectivity index (χ1n) is 6.29. The lowest BCUT2D eigenvalue weighted by Gasteiger charge is -2.14. The predicted octanol–water partition coefficient (Wildman–Crippen LogP) is 0.384. The third-order valence-corrected chi connectivity index (χ3v) is 5.18. The number of aliphatic hydroxyl groups is 1. The normalized spacial score (nSPS) is 14.1.